The number of amides is 1. The van der Waals surface area contributed by atoms with Crippen LogP contribution in [0.15, 0.2) is 65.4 Å². The third-order valence-electron chi connectivity index (χ3n) is 3.27. The van der Waals surface area contributed by atoms with Gasteiger partial charge in [-0.25, -0.2) is 0 Å². The van der Waals surface area contributed by atoms with E-state index in [1.807, 2.05) is 54.7 Å². The lowest BCUT2D eigenvalue weighted by Crippen LogP contribution is -2.12. The zero-order chi connectivity index (χ0) is 16.2. The fraction of sp³-hybridized carbons (Fsp3) is 0.0588. The molecule has 0 saturated carbocycles. The molecule has 0 radical (unpaired) electrons. The predicted molar refractivity (Wildman–Crippen MR) is 103 cm³/mol. The highest BCUT2D eigenvalue weighted by Crippen LogP contribution is 2.15. The van der Waals surface area contributed by atoms with E-state index in [0.29, 0.717) is 17.8 Å². The van der Waals surface area contributed by atoms with Gasteiger partial charge < -0.3 is 5.32 Å². The molecular formula is C17H13BrIN3O. The lowest BCUT2D eigenvalue weighted by atomic mass is 10.2. The minimum atomic E-state index is -0.127. The Hall–Kier alpha value is -1.67. The average molecular weight is 482 g/mol. The fourth-order valence-corrected chi connectivity index (χ4v) is 3.03. The smallest absolute Gasteiger partial charge is 0.256 e. The van der Waals surface area contributed by atoms with Crippen molar-refractivity contribution in [1.82, 2.24) is 9.78 Å². The number of benzene rings is 2. The molecule has 0 atom stereocenters. The second-order valence-electron chi connectivity index (χ2n) is 4.99. The van der Waals surface area contributed by atoms with E-state index in [1.165, 1.54) is 0 Å². The Morgan fingerprint density at radius 1 is 1.17 bits per heavy atom. The van der Waals surface area contributed by atoms with E-state index >= 15 is 0 Å². The van der Waals surface area contributed by atoms with Crippen LogP contribution in [0.2, 0.25) is 0 Å². The van der Waals surface area contributed by atoms with Gasteiger partial charge in [-0.3, -0.25) is 9.48 Å². The van der Waals surface area contributed by atoms with Crippen molar-refractivity contribution in [2.45, 2.75) is 6.54 Å². The van der Waals surface area contributed by atoms with Crippen LogP contribution in [0.4, 0.5) is 5.69 Å². The molecule has 0 saturated heterocycles. The molecule has 1 heterocycles. The van der Waals surface area contributed by atoms with Crippen LogP contribution in [0.5, 0.6) is 0 Å². The maximum atomic E-state index is 12.3. The number of aromatic nitrogens is 2. The summed E-state index contributed by atoms with van der Waals surface area (Å²) < 4.78 is 3.77. The Morgan fingerprint density at radius 3 is 2.65 bits per heavy atom. The highest BCUT2D eigenvalue weighted by molar-refractivity contribution is 14.1. The van der Waals surface area contributed by atoms with Crippen molar-refractivity contribution in [3.63, 3.8) is 0 Å². The van der Waals surface area contributed by atoms with Gasteiger partial charge in [-0.2, -0.15) is 5.10 Å². The summed E-state index contributed by atoms with van der Waals surface area (Å²) in [6.45, 7) is 0.659. The third kappa shape index (κ3) is 4.20. The number of hydrogen-bond acceptors (Lipinski definition) is 2. The molecule has 0 unspecified atom stereocenters. The topological polar surface area (TPSA) is 46.9 Å². The van der Waals surface area contributed by atoms with Gasteiger partial charge in [-0.05, 0) is 52.4 Å². The molecule has 6 heteroatoms. The summed E-state index contributed by atoms with van der Waals surface area (Å²) in [4.78, 5) is 12.3. The summed E-state index contributed by atoms with van der Waals surface area (Å²) in [5.74, 6) is -0.127. The first-order valence-corrected chi connectivity index (χ1v) is 8.82. The van der Waals surface area contributed by atoms with E-state index in [4.69, 9.17) is 0 Å². The first-order valence-electron chi connectivity index (χ1n) is 6.94. The van der Waals surface area contributed by atoms with Crippen LogP contribution in [0, 0.1) is 3.57 Å². The summed E-state index contributed by atoms with van der Waals surface area (Å²) >= 11 is 5.58. The molecule has 0 aliphatic carbocycles. The van der Waals surface area contributed by atoms with Crippen LogP contribution >= 0.6 is 38.5 Å². The summed E-state index contributed by atoms with van der Waals surface area (Å²) in [7, 11) is 0. The van der Waals surface area contributed by atoms with E-state index < -0.39 is 0 Å². The summed E-state index contributed by atoms with van der Waals surface area (Å²) in [5.41, 5.74) is 2.49. The van der Waals surface area contributed by atoms with Gasteiger partial charge in [0.15, 0.2) is 0 Å². The van der Waals surface area contributed by atoms with Gasteiger partial charge in [0.1, 0.15) is 0 Å². The second kappa shape index (κ2) is 7.27. The minimum Gasteiger partial charge on any atom is -0.319 e. The fourth-order valence-electron chi connectivity index (χ4n) is 2.14. The molecule has 0 fully saturated rings. The lowest BCUT2D eigenvalue weighted by Gasteiger charge is -2.04. The highest BCUT2D eigenvalue weighted by atomic mass is 127. The van der Waals surface area contributed by atoms with Crippen molar-refractivity contribution >= 4 is 50.1 Å². The second-order valence-corrected chi connectivity index (χ2v) is 7.06. The van der Waals surface area contributed by atoms with E-state index in [9.17, 15) is 4.79 Å². The number of rotatable bonds is 4. The lowest BCUT2D eigenvalue weighted by molar-refractivity contribution is 0.102. The van der Waals surface area contributed by atoms with Gasteiger partial charge in [0.2, 0.25) is 0 Å². The molecule has 4 nitrogen and oxygen atoms in total. The maximum absolute atomic E-state index is 12.3. The number of anilines is 1. The number of carbonyl (C=O) groups is 1. The Labute approximate surface area is 156 Å². The SMILES string of the molecule is O=C(Nc1cnn(Cc2ccc(Br)cc2)c1)c1ccccc1I. The molecule has 3 rings (SSSR count). The van der Waals surface area contributed by atoms with Crippen LogP contribution in [0.1, 0.15) is 15.9 Å². The largest absolute Gasteiger partial charge is 0.319 e. The van der Waals surface area contributed by atoms with E-state index in [0.717, 1.165) is 13.6 Å². The van der Waals surface area contributed by atoms with Crippen LogP contribution in [-0.4, -0.2) is 15.7 Å². The van der Waals surface area contributed by atoms with Crippen molar-refractivity contribution in [3.05, 3.63) is 80.1 Å². The maximum Gasteiger partial charge on any atom is 0.256 e. The standard InChI is InChI=1S/C17H13BrIN3O/c18-13-7-5-12(6-8-13)10-22-11-14(9-20-22)21-17(23)15-3-1-2-4-16(15)19/h1-9,11H,10H2,(H,21,23). The van der Waals surface area contributed by atoms with Crippen LogP contribution in [0.25, 0.3) is 0 Å². The minimum absolute atomic E-state index is 0.127. The van der Waals surface area contributed by atoms with Gasteiger partial charge in [-0.15, -0.1) is 0 Å². The molecule has 0 spiro atoms. The third-order valence-corrected chi connectivity index (χ3v) is 4.74. The Kier molecular flexibility index (Phi) is 5.12. The van der Waals surface area contributed by atoms with E-state index in [-0.39, 0.29) is 5.91 Å². The number of nitrogens with zero attached hydrogens (tertiary/aromatic N) is 2. The average Bonchev–Trinajstić information content (AvgIpc) is 2.97. The molecule has 1 amide bonds. The summed E-state index contributed by atoms with van der Waals surface area (Å²) in [6, 6.07) is 15.6. The van der Waals surface area contributed by atoms with E-state index in [1.54, 1.807) is 10.9 Å². The highest BCUT2D eigenvalue weighted by Gasteiger charge is 2.10. The molecule has 3 aromatic rings. The molecule has 2 aromatic carbocycles. The predicted octanol–water partition coefficient (Wildman–Crippen LogP) is 4.55. The molecule has 1 aromatic heterocycles. The Balaban J connectivity index is 1.69. The molecule has 0 aliphatic heterocycles. The summed E-state index contributed by atoms with van der Waals surface area (Å²) in [6.07, 6.45) is 3.49. The zero-order valence-corrected chi connectivity index (χ0v) is 15.8. The van der Waals surface area contributed by atoms with Crippen molar-refractivity contribution in [1.29, 1.82) is 0 Å². The molecule has 23 heavy (non-hydrogen) atoms. The number of hydrogen-bond donors (Lipinski definition) is 1. The zero-order valence-electron chi connectivity index (χ0n) is 12.0. The van der Waals surface area contributed by atoms with Gasteiger partial charge in [0.05, 0.1) is 24.0 Å². The van der Waals surface area contributed by atoms with Gasteiger partial charge >= 0.3 is 0 Å². The number of nitrogens with one attached hydrogen (secondary N) is 1. The van der Waals surface area contributed by atoms with Crippen molar-refractivity contribution in [2.24, 2.45) is 0 Å². The monoisotopic (exact) mass is 481 g/mol. The molecule has 0 aliphatic rings. The summed E-state index contributed by atoms with van der Waals surface area (Å²) in [5, 5.41) is 7.17. The van der Waals surface area contributed by atoms with Crippen molar-refractivity contribution in [2.75, 3.05) is 5.32 Å². The Morgan fingerprint density at radius 2 is 1.91 bits per heavy atom. The molecule has 1 N–H and O–H groups in total. The van der Waals surface area contributed by atoms with Crippen LogP contribution in [-0.2, 0) is 6.54 Å². The van der Waals surface area contributed by atoms with Gasteiger partial charge in [-0.1, -0.05) is 40.2 Å². The molecule has 116 valence electrons. The van der Waals surface area contributed by atoms with Crippen LogP contribution < -0.4 is 5.32 Å². The van der Waals surface area contributed by atoms with Gasteiger partial charge in [0.25, 0.3) is 5.91 Å². The quantitative estimate of drug-likeness (QED) is 0.555. The number of halogens is 2. The van der Waals surface area contributed by atoms with Crippen LogP contribution in [0.3, 0.4) is 0 Å². The normalized spacial score (nSPS) is 10.5. The van der Waals surface area contributed by atoms with Crippen molar-refractivity contribution < 1.29 is 4.79 Å². The first kappa shape index (κ1) is 16.2. The molecular weight excluding hydrogens is 469 g/mol. The van der Waals surface area contributed by atoms with Crippen molar-refractivity contribution in [3.8, 4) is 0 Å². The van der Waals surface area contributed by atoms with Gasteiger partial charge in [0, 0.05) is 14.2 Å². The van der Waals surface area contributed by atoms with E-state index in [2.05, 4.69) is 48.9 Å². The molecule has 0 bridgehead atoms. The Bertz CT molecular complexity index is 830. The first-order chi connectivity index (χ1) is 11.1. The number of carbonyl (C=O) groups excluding carboxylic acids is 1.